The molecule has 0 radical (unpaired) electrons. The van der Waals surface area contributed by atoms with Crippen molar-refractivity contribution in [2.75, 3.05) is 0 Å². The van der Waals surface area contributed by atoms with Gasteiger partial charge in [-0.05, 0) is 59.0 Å². The first-order valence-corrected chi connectivity index (χ1v) is 10.8. The summed E-state index contributed by atoms with van der Waals surface area (Å²) in [7, 11) is 0. The fraction of sp³-hybridized carbons (Fsp3) is 0.130. The van der Waals surface area contributed by atoms with E-state index in [9.17, 15) is 31.9 Å². The number of alkyl halides is 3. The summed E-state index contributed by atoms with van der Waals surface area (Å²) in [6, 6.07) is 9.46. The van der Waals surface area contributed by atoms with Gasteiger partial charge in [-0.2, -0.15) is 18.2 Å². The maximum Gasteiger partial charge on any atom is 0.419 e. The normalized spacial score (nSPS) is 11.7. The number of benzene rings is 3. The van der Waals surface area contributed by atoms with Crippen LogP contribution < -0.4 is 10.3 Å². The lowest BCUT2D eigenvalue weighted by atomic mass is 10.1. The highest BCUT2D eigenvalue weighted by Gasteiger charge is 2.35. The molecule has 0 spiro atoms. The Labute approximate surface area is 202 Å². The molecule has 3 aromatic carbocycles. The summed E-state index contributed by atoms with van der Waals surface area (Å²) in [5.41, 5.74) is -1.88. The van der Waals surface area contributed by atoms with Crippen molar-refractivity contribution in [2.24, 2.45) is 0 Å². The van der Waals surface area contributed by atoms with Crippen LogP contribution in [0.3, 0.4) is 0 Å². The van der Waals surface area contributed by atoms with E-state index < -0.39 is 41.3 Å². The SMILES string of the molecule is O=c1ncn(Cc2c(F)cc(I)cc2F)c2ccc(Oc3c(CO)cccc3C(F)(F)F)cc12. The average molecular weight is 588 g/mol. The van der Waals surface area contributed by atoms with Gasteiger partial charge in [0.25, 0.3) is 5.56 Å². The Balaban J connectivity index is 1.78. The highest BCUT2D eigenvalue weighted by atomic mass is 127. The van der Waals surface area contributed by atoms with Crippen LogP contribution in [0.4, 0.5) is 22.0 Å². The molecular formula is C23H14F5IN2O3. The first-order chi connectivity index (χ1) is 16.1. The third kappa shape index (κ3) is 4.75. The number of aromatic nitrogens is 2. The Kier molecular flexibility index (Phi) is 6.58. The van der Waals surface area contributed by atoms with Gasteiger partial charge >= 0.3 is 6.18 Å². The van der Waals surface area contributed by atoms with Crippen molar-refractivity contribution in [3.05, 3.63) is 97.1 Å². The minimum absolute atomic E-state index is 0.0265. The van der Waals surface area contributed by atoms with Gasteiger partial charge in [-0.3, -0.25) is 4.79 Å². The zero-order valence-corrected chi connectivity index (χ0v) is 19.2. The smallest absolute Gasteiger partial charge is 0.419 e. The molecule has 0 aliphatic carbocycles. The van der Waals surface area contributed by atoms with Crippen LogP contribution in [-0.4, -0.2) is 14.7 Å². The van der Waals surface area contributed by atoms with E-state index in [4.69, 9.17) is 4.74 Å². The van der Waals surface area contributed by atoms with Crippen molar-refractivity contribution < 1.29 is 31.8 Å². The summed E-state index contributed by atoms with van der Waals surface area (Å²) in [6.07, 6.45) is -3.61. The highest BCUT2D eigenvalue weighted by Crippen LogP contribution is 2.40. The summed E-state index contributed by atoms with van der Waals surface area (Å²) < 4.78 is 76.2. The van der Waals surface area contributed by atoms with Crippen LogP contribution in [0.5, 0.6) is 11.5 Å². The minimum Gasteiger partial charge on any atom is -0.456 e. The zero-order valence-electron chi connectivity index (χ0n) is 17.0. The number of rotatable bonds is 5. The Hall–Kier alpha value is -3.06. The third-order valence-corrected chi connectivity index (χ3v) is 5.67. The van der Waals surface area contributed by atoms with Gasteiger partial charge in [0.1, 0.15) is 23.1 Å². The summed E-state index contributed by atoms with van der Waals surface area (Å²) in [4.78, 5) is 16.1. The number of nitrogens with zero attached hydrogens (tertiary/aromatic N) is 2. The molecule has 1 aromatic heterocycles. The monoisotopic (exact) mass is 588 g/mol. The number of aliphatic hydroxyl groups is 1. The van der Waals surface area contributed by atoms with Crippen LogP contribution in [0.1, 0.15) is 16.7 Å². The standard InChI is InChI=1S/C23H14F5IN2O3/c24-18-6-13(29)7-19(25)16(18)9-31-11-30-22(33)15-8-14(4-5-20(15)31)34-21-12(10-32)2-1-3-17(21)23(26,27)28/h1-8,11,32H,9-10H2. The van der Waals surface area contributed by atoms with E-state index >= 15 is 0 Å². The molecule has 0 bridgehead atoms. The number of aliphatic hydroxyl groups excluding tert-OH is 1. The fourth-order valence-electron chi connectivity index (χ4n) is 3.44. The fourth-order valence-corrected chi connectivity index (χ4v) is 3.99. The molecule has 1 N–H and O–H groups in total. The van der Waals surface area contributed by atoms with E-state index in [1.165, 1.54) is 41.0 Å². The number of para-hydroxylation sites is 1. The summed E-state index contributed by atoms with van der Waals surface area (Å²) in [6.45, 7) is -0.974. The molecule has 176 valence electrons. The topological polar surface area (TPSA) is 64.4 Å². The van der Waals surface area contributed by atoms with Crippen LogP contribution in [0.15, 0.2) is 59.7 Å². The average Bonchev–Trinajstić information content (AvgIpc) is 2.77. The van der Waals surface area contributed by atoms with E-state index in [2.05, 4.69) is 4.98 Å². The minimum atomic E-state index is -4.74. The molecule has 0 saturated heterocycles. The molecule has 0 fully saturated rings. The molecule has 4 rings (SSSR count). The van der Waals surface area contributed by atoms with Gasteiger partial charge in [0.15, 0.2) is 0 Å². The first kappa shape index (κ1) is 24.1. The van der Waals surface area contributed by atoms with Gasteiger partial charge < -0.3 is 14.4 Å². The number of hydrogen-bond donors (Lipinski definition) is 1. The van der Waals surface area contributed by atoms with Crippen LogP contribution >= 0.6 is 22.6 Å². The molecular weight excluding hydrogens is 574 g/mol. The Morgan fingerprint density at radius 3 is 2.41 bits per heavy atom. The van der Waals surface area contributed by atoms with Crippen molar-refractivity contribution >= 4 is 33.5 Å². The lowest BCUT2D eigenvalue weighted by Gasteiger charge is -2.17. The summed E-state index contributed by atoms with van der Waals surface area (Å²) in [5.74, 6) is -2.24. The molecule has 5 nitrogen and oxygen atoms in total. The summed E-state index contributed by atoms with van der Waals surface area (Å²) >= 11 is 1.78. The van der Waals surface area contributed by atoms with E-state index in [-0.39, 0.29) is 34.3 Å². The van der Waals surface area contributed by atoms with Gasteiger partial charge in [-0.1, -0.05) is 12.1 Å². The van der Waals surface area contributed by atoms with Crippen LogP contribution in [0, 0.1) is 15.2 Å². The van der Waals surface area contributed by atoms with Crippen molar-refractivity contribution in [3.63, 3.8) is 0 Å². The number of ether oxygens (including phenoxy) is 1. The van der Waals surface area contributed by atoms with E-state index in [1.807, 2.05) is 0 Å². The van der Waals surface area contributed by atoms with E-state index in [1.54, 1.807) is 22.6 Å². The van der Waals surface area contributed by atoms with Gasteiger partial charge in [-0.25, -0.2) is 8.78 Å². The maximum absolute atomic E-state index is 14.3. The third-order valence-electron chi connectivity index (χ3n) is 5.05. The number of fused-ring (bicyclic) bond motifs is 1. The second-order valence-electron chi connectivity index (χ2n) is 7.26. The highest BCUT2D eigenvalue weighted by molar-refractivity contribution is 14.1. The van der Waals surface area contributed by atoms with E-state index in [0.717, 1.165) is 18.5 Å². The lowest BCUT2D eigenvalue weighted by molar-refractivity contribution is -0.138. The molecule has 0 atom stereocenters. The molecule has 0 saturated carbocycles. The first-order valence-electron chi connectivity index (χ1n) is 9.69. The zero-order chi connectivity index (χ0) is 24.6. The molecule has 0 amide bonds. The van der Waals surface area contributed by atoms with Crippen LogP contribution in [0.25, 0.3) is 10.9 Å². The molecule has 34 heavy (non-hydrogen) atoms. The van der Waals surface area contributed by atoms with Crippen molar-refractivity contribution in [3.8, 4) is 11.5 Å². The van der Waals surface area contributed by atoms with Crippen molar-refractivity contribution in [1.82, 2.24) is 9.55 Å². The molecule has 0 aliphatic heterocycles. The van der Waals surface area contributed by atoms with Gasteiger partial charge in [-0.15, -0.1) is 0 Å². The Morgan fingerprint density at radius 2 is 1.76 bits per heavy atom. The number of hydrogen-bond acceptors (Lipinski definition) is 4. The molecule has 0 aliphatic rings. The molecule has 4 aromatic rings. The molecule has 0 unspecified atom stereocenters. The Bertz CT molecular complexity index is 1430. The lowest BCUT2D eigenvalue weighted by Crippen LogP contribution is -2.14. The predicted octanol–water partition coefficient (Wildman–Crippen LogP) is 5.63. The van der Waals surface area contributed by atoms with Gasteiger partial charge in [0, 0.05) is 14.7 Å². The van der Waals surface area contributed by atoms with Gasteiger partial charge in [0.2, 0.25) is 0 Å². The largest absolute Gasteiger partial charge is 0.456 e. The second kappa shape index (κ2) is 9.29. The predicted molar refractivity (Wildman–Crippen MR) is 122 cm³/mol. The Morgan fingerprint density at radius 1 is 1.06 bits per heavy atom. The number of halogens is 6. The molecule has 11 heteroatoms. The van der Waals surface area contributed by atoms with Crippen molar-refractivity contribution in [1.29, 1.82) is 0 Å². The molecule has 1 heterocycles. The second-order valence-corrected chi connectivity index (χ2v) is 8.50. The van der Waals surface area contributed by atoms with Crippen LogP contribution in [0.2, 0.25) is 0 Å². The van der Waals surface area contributed by atoms with Crippen LogP contribution in [-0.2, 0) is 19.3 Å². The summed E-state index contributed by atoms with van der Waals surface area (Å²) in [5, 5.41) is 9.44. The van der Waals surface area contributed by atoms with Crippen molar-refractivity contribution in [2.45, 2.75) is 19.3 Å². The quantitative estimate of drug-likeness (QED) is 0.243. The maximum atomic E-state index is 14.3. The van der Waals surface area contributed by atoms with E-state index in [0.29, 0.717) is 3.57 Å². The van der Waals surface area contributed by atoms with Gasteiger partial charge in [0.05, 0.1) is 35.9 Å².